The van der Waals surface area contributed by atoms with E-state index in [-0.39, 0.29) is 11.6 Å². The number of nitro groups is 1. The summed E-state index contributed by atoms with van der Waals surface area (Å²) in [6, 6.07) is 6.86. The first kappa shape index (κ1) is 10.2. The molecule has 0 aliphatic carbocycles. The van der Waals surface area contributed by atoms with Gasteiger partial charge in [-0.2, -0.15) is 5.26 Å². The normalized spacial score (nSPS) is 11.8. The van der Waals surface area contributed by atoms with Crippen molar-refractivity contribution in [3.05, 3.63) is 39.4 Å². The zero-order valence-electron chi connectivity index (χ0n) is 8.02. The van der Waals surface area contributed by atoms with Gasteiger partial charge >= 0.3 is 0 Å². The SMILES string of the molecule is Cc1c(C(C)C#N)cccc1[N+](=O)[O-]. The highest BCUT2D eigenvalue weighted by atomic mass is 16.6. The third kappa shape index (κ3) is 1.72. The summed E-state index contributed by atoms with van der Waals surface area (Å²) >= 11 is 0. The number of benzene rings is 1. The molecular formula is C10H10N2O2. The topological polar surface area (TPSA) is 66.9 Å². The van der Waals surface area contributed by atoms with Gasteiger partial charge < -0.3 is 0 Å². The van der Waals surface area contributed by atoms with Crippen molar-refractivity contribution in [2.45, 2.75) is 19.8 Å². The molecule has 0 aliphatic heterocycles. The summed E-state index contributed by atoms with van der Waals surface area (Å²) < 4.78 is 0. The summed E-state index contributed by atoms with van der Waals surface area (Å²) in [5, 5.41) is 19.3. The fourth-order valence-corrected chi connectivity index (χ4v) is 1.38. The van der Waals surface area contributed by atoms with E-state index in [0.717, 1.165) is 5.56 Å². The molecule has 0 aliphatic rings. The molecule has 0 N–H and O–H groups in total. The molecule has 0 saturated heterocycles. The van der Waals surface area contributed by atoms with Crippen LogP contribution < -0.4 is 0 Å². The molecule has 1 unspecified atom stereocenters. The highest BCUT2D eigenvalue weighted by molar-refractivity contribution is 5.47. The molecule has 0 aromatic heterocycles. The molecule has 1 rings (SSSR count). The third-order valence-corrected chi connectivity index (χ3v) is 2.20. The summed E-state index contributed by atoms with van der Waals surface area (Å²) in [4.78, 5) is 10.2. The average molecular weight is 190 g/mol. The van der Waals surface area contributed by atoms with Crippen LogP contribution in [0.1, 0.15) is 24.0 Å². The minimum Gasteiger partial charge on any atom is -0.258 e. The molecule has 4 nitrogen and oxygen atoms in total. The summed E-state index contributed by atoms with van der Waals surface area (Å²) in [6.45, 7) is 3.40. The Morgan fingerprint density at radius 2 is 2.21 bits per heavy atom. The first-order valence-corrected chi connectivity index (χ1v) is 4.21. The quantitative estimate of drug-likeness (QED) is 0.531. The Labute approximate surface area is 81.9 Å². The van der Waals surface area contributed by atoms with Crippen LogP contribution in [0.5, 0.6) is 0 Å². The van der Waals surface area contributed by atoms with Gasteiger partial charge in [0.2, 0.25) is 0 Å². The van der Waals surface area contributed by atoms with E-state index >= 15 is 0 Å². The van der Waals surface area contributed by atoms with Crippen LogP contribution in [0.25, 0.3) is 0 Å². The van der Waals surface area contributed by atoms with Gasteiger partial charge in [0, 0.05) is 11.6 Å². The molecule has 1 atom stereocenters. The third-order valence-electron chi connectivity index (χ3n) is 2.20. The standard InChI is InChI=1S/C10H10N2O2/c1-7(6-11)9-4-3-5-10(8(9)2)12(13)14/h3-5,7H,1-2H3. The Morgan fingerprint density at radius 1 is 1.57 bits per heavy atom. The van der Waals surface area contributed by atoms with Crippen molar-refractivity contribution in [2.24, 2.45) is 0 Å². The molecule has 0 fully saturated rings. The van der Waals surface area contributed by atoms with E-state index in [1.165, 1.54) is 6.07 Å². The Balaban J connectivity index is 3.29. The van der Waals surface area contributed by atoms with Crippen molar-refractivity contribution in [2.75, 3.05) is 0 Å². The number of rotatable bonds is 2. The van der Waals surface area contributed by atoms with E-state index in [2.05, 4.69) is 6.07 Å². The van der Waals surface area contributed by atoms with Crippen LogP contribution in [-0.2, 0) is 0 Å². The van der Waals surface area contributed by atoms with Gasteiger partial charge in [-0.1, -0.05) is 12.1 Å². The first-order valence-electron chi connectivity index (χ1n) is 4.21. The van der Waals surface area contributed by atoms with Gasteiger partial charge in [0.1, 0.15) is 0 Å². The fourth-order valence-electron chi connectivity index (χ4n) is 1.38. The highest BCUT2D eigenvalue weighted by Crippen LogP contribution is 2.26. The number of nitriles is 1. The van der Waals surface area contributed by atoms with Gasteiger partial charge in [-0.3, -0.25) is 10.1 Å². The second-order valence-corrected chi connectivity index (χ2v) is 3.10. The van der Waals surface area contributed by atoms with E-state index < -0.39 is 4.92 Å². The molecule has 0 heterocycles. The second-order valence-electron chi connectivity index (χ2n) is 3.10. The van der Waals surface area contributed by atoms with Crippen LogP contribution in [0.2, 0.25) is 0 Å². The van der Waals surface area contributed by atoms with Gasteiger partial charge in [0.15, 0.2) is 0 Å². The molecule has 0 spiro atoms. The monoisotopic (exact) mass is 190 g/mol. The Bertz CT molecular complexity index is 407. The predicted molar refractivity (Wildman–Crippen MR) is 51.9 cm³/mol. The lowest BCUT2D eigenvalue weighted by Crippen LogP contribution is -1.98. The van der Waals surface area contributed by atoms with E-state index in [1.54, 1.807) is 26.0 Å². The van der Waals surface area contributed by atoms with Crippen LogP contribution >= 0.6 is 0 Å². The molecule has 0 bridgehead atoms. The van der Waals surface area contributed by atoms with E-state index in [0.29, 0.717) is 5.56 Å². The minimum absolute atomic E-state index is 0.0737. The van der Waals surface area contributed by atoms with Gasteiger partial charge in [-0.25, -0.2) is 0 Å². The van der Waals surface area contributed by atoms with Crippen molar-refractivity contribution >= 4 is 5.69 Å². The van der Waals surface area contributed by atoms with Crippen molar-refractivity contribution in [1.29, 1.82) is 5.26 Å². The van der Waals surface area contributed by atoms with Crippen molar-refractivity contribution in [3.8, 4) is 6.07 Å². The first-order chi connectivity index (χ1) is 6.57. The Morgan fingerprint density at radius 3 is 2.71 bits per heavy atom. The summed E-state index contributed by atoms with van der Waals surface area (Å²) in [7, 11) is 0. The van der Waals surface area contributed by atoms with Crippen LogP contribution in [0, 0.1) is 28.4 Å². The lowest BCUT2D eigenvalue weighted by Gasteiger charge is -2.06. The zero-order valence-corrected chi connectivity index (χ0v) is 8.02. The largest absolute Gasteiger partial charge is 0.272 e. The van der Waals surface area contributed by atoms with Crippen LogP contribution in [-0.4, -0.2) is 4.92 Å². The molecule has 0 radical (unpaired) electrons. The Hall–Kier alpha value is -1.89. The predicted octanol–water partition coefficient (Wildman–Crippen LogP) is 2.53. The molecule has 4 heteroatoms. The number of nitro benzene ring substituents is 1. The van der Waals surface area contributed by atoms with Gasteiger partial charge in [-0.05, 0) is 19.4 Å². The van der Waals surface area contributed by atoms with E-state index in [9.17, 15) is 10.1 Å². The molecular weight excluding hydrogens is 180 g/mol. The van der Waals surface area contributed by atoms with Crippen molar-refractivity contribution < 1.29 is 4.92 Å². The van der Waals surface area contributed by atoms with Crippen LogP contribution in [0.15, 0.2) is 18.2 Å². The maximum absolute atomic E-state index is 10.6. The summed E-state index contributed by atoms with van der Waals surface area (Å²) in [6.07, 6.45) is 0. The smallest absolute Gasteiger partial charge is 0.258 e. The molecule has 1 aromatic rings. The highest BCUT2D eigenvalue weighted by Gasteiger charge is 2.16. The number of hydrogen-bond donors (Lipinski definition) is 0. The maximum atomic E-state index is 10.6. The average Bonchev–Trinajstić information content (AvgIpc) is 2.16. The second kappa shape index (κ2) is 3.88. The number of nitrogens with zero attached hydrogens (tertiary/aromatic N) is 2. The maximum Gasteiger partial charge on any atom is 0.272 e. The molecule has 1 aromatic carbocycles. The number of hydrogen-bond acceptors (Lipinski definition) is 3. The summed E-state index contributed by atoms with van der Waals surface area (Å²) in [5.74, 6) is -0.310. The van der Waals surface area contributed by atoms with Crippen LogP contribution in [0.4, 0.5) is 5.69 Å². The zero-order chi connectivity index (χ0) is 10.7. The molecule has 72 valence electrons. The lowest BCUT2D eigenvalue weighted by molar-refractivity contribution is -0.385. The van der Waals surface area contributed by atoms with E-state index in [1.807, 2.05) is 0 Å². The minimum atomic E-state index is -0.428. The molecule has 14 heavy (non-hydrogen) atoms. The molecule has 0 amide bonds. The lowest BCUT2D eigenvalue weighted by atomic mass is 9.96. The molecule has 0 saturated carbocycles. The van der Waals surface area contributed by atoms with Gasteiger partial charge in [0.25, 0.3) is 5.69 Å². The van der Waals surface area contributed by atoms with Crippen LogP contribution in [0.3, 0.4) is 0 Å². The van der Waals surface area contributed by atoms with Gasteiger partial charge in [-0.15, -0.1) is 0 Å². The van der Waals surface area contributed by atoms with E-state index in [4.69, 9.17) is 5.26 Å². The fraction of sp³-hybridized carbons (Fsp3) is 0.300. The van der Waals surface area contributed by atoms with Gasteiger partial charge in [0.05, 0.1) is 16.9 Å². The van der Waals surface area contributed by atoms with Crippen molar-refractivity contribution in [3.63, 3.8) is 0 Å². The van der Waals surface area contributed by atoms with Crippen molar-refractivity contribution in [1.82, 2.24) is 0 Å². The summed E-state index contributed by atoms with van der Waals surface area (Å²) in [5.41, 5.74) is 1.37. The Kier molecular flexibility index (Phi) is 2.82.